The van der Waals surface area contributed by atoms with Gasteiger partial charge in [-0.3, -0.25) is 5.32 Å². The van der Waals surface area contributed by atoms with Crippen molar-refractivity contribution >= 4 is 23.4 Å². The fraction of sp³-hybridized carbons (Fsp3) is 0.667. The number of ether oxygens (including phenoxy) is 1. The lowest BCUT2D eigenvalue weighted by molar-refractivity contribution is 0.0379. The van der Waals surface area contributed by atoms with Crippen LogP contribution >= 0.6 is 0 Å². The van der Waals surface area contributed by atoms with Crippen LogP contribution < -0.4 is 10.6 Å². The van der Waals surface area contributed by atoms with Crippen LogP contribution in [0, 0.1) is 5.92 Å². The van der Waals surface area contributed by atoms with Crippen molar-refractivity contribution in [1.29, 1.82) is 0 Å². The molecule has 1 aliphatic heterocycles. The van der Waals surface area contributed by atoms with Crippen LogP contribution in [0.3, 0.4) is 0 Å². The highest BCUT2D eigenvalue weighted by atomic mass is 16.6. The van der Waals surface area contributed by atoms with Crippen LogP contribution in [0.2, 0.25) is 0 Å². The predicted octanol–water partition coefficient (Wildman–Crippen LogP) is 2.92. The summed E-state index contributed by atoms with van der Waals surface area (Å²) in [5, 5.41) is 21.3. The average molecular weight is 419 g/mol. The van der Waals surface area contributed by atoms with Gasteiger partial charge in [0.1, 0.15) is 11.4 Å². The van der Waals surface area contributed by atoms with Crippen LogP contribution in [0.25, 0.3) is 5.65 Å². The molecule has 0 unspecified atom stereocenters. The Morgan fingerprint density at radius 3 is 2.77 bits per heavy atom. The molecule has 0 radical (unpaired) electrons. The molecule has 1 aliphatic rings. The molecular weight excluding hydrogens is 384 g/mol. The van der Waals surface area contributed by atoms with Crippen molar-refractivity contribution in [2.45, 2.75) is 58.7 Å². The van der Waals surface area contributed by atoms with E-state index in [-0.39, 0.29) is 17.9 Å². The summed E-state index contributed by atoms with van der Waals surface area (Å²) < 4.78 is 7.00. The van der Waals surface area contributed by atoms with E-state index >= 15 is 0 Å². The number of nitrogens with one attached hydrogen (secondary N) is 2. The number of piperidine rings is 1. The quantitative estimate of drug-likeness (QED) is 0.686. The van der Waals surface area contributed by atoms with E-state index in [0.717, 1.165) is 24.3 Å². The van der Waals surface area contributed by atoms with Crippen molar-refractivity contribution in [3.63, 3.8) is 0 Å². The number of nitrogens with zero attached hydrogens (tertiary/aromatic N) is 4. The number of carbonyl (C=O) groups excluding carboxylic acids is 1. The fourth-order valence-corrected chi connectivity index (χ4v) is 3.73. The molecule has 0 aliphatic carbocycles. The van der Waals surface area contributed by atoms with Gasteiger partial charge in [0.2, 0.25) is 0 Å². The van der Waals surface area contributed by atoms with Gasteiger partial charge in [-0.15, -0.1) is 5.10 Å². The summed E-state index contributed by atoms with van der Waals surface area (Å²) in [5.74, 6) is 1.56. The summed E-state index contributed by atoms with van der Waals surface area (Å²) in [6, 6.07) is 1.69. The smallest absolute Gasteiger partial charge is 0.413 e. The van der Waals surface area contributed by atoms with Gasteiger partial charge in [0.25, 0.3) is 0 Å². The maximum Gasteiger partial charge on any atom is 0.413 e. The van der Waals surface area contributed by atoms with Crippen LogP contribution in [-0.4, -0.2) is 69.1 Å². The highest BCUT2D eigenvalue weighted by Gasteiger charge is 2.27. The van der Waals surface area contributed by atoms with Gasteiger partial charge in [0, 0.05) is 30.8 Å². The number of aromatic nitrogens is 3. The number of hydrogen-bond acceptors (Lipinski definition) is 7. The van der Waals surface area contributed by atoms with Crippen LogP contribution in [0.15, 0.2) is 12.3 Å². The molecule has 166 valence electrons. The lowest BCUT2D eigenvalue weighted by Gasteiger charge is -2.33. The topological polar surface area (TPSA) is 104 Å². The van der Waals surface area contributed by atoms with Gasteiger partial charge in [-0.05, 0) is 52.8 Å². The lowest BCUT2D eigenvalue weighted by Crippen LogP contribution is -2.44. The zero-order valence-electron chi connectivity index (χ0n) is 18.8. The molecule has 2 aromatic rings. The number of rotatable bonds is 5. The number of aliphatic hydroxyl groups excluding tert-OH is 1. The van der Waals surface area contributed by atoms with Gasteiger partial charge >= 0.3 is 6.09 Å². The van der Waals surface area contributed by atoms with Crippen LogP contribution in [0.5, 0.6) is 0 Å². The Bertz CT molecular complexity index is 889. The first-order valence-corrected chi connectivity index (χ1v) is 10.5. The number of aliphatic hydroxyl groups is 1. The van der Waals surface area contributed by atoms with Gasteiger partial charge in [0.15, 0.2) is 11.5 Å². The first-order valence-electron chi connectivity index (χ1n) is 10.5. The summed E-state index contributed by atoms with van der Waals surface area (Å²) in [6.45, 7) is 11.9. The Hall–Kier alpha value is -2.39. The average Bonchev–Trinajstić information content (AvgIpc) is 2.99. The first kappa shape index (κ1) is 22.3. The van der Waals surface area contributed by atoms with E-state index in [4.69, 9.17) is 4.74 Å². The van der Waals surface area contributed by atoms with E-state index in [0.29, 0.717) is 24.6 Å². The molecule has 9 heteroatoms. The second kappa shape index (κ2) is 8.77. The third-order valence-electron chi connectivity index (χ3n) is 5.22. The Morgan fingerprint density at radius 2 is 2.13 bits per heavy atom. The summed E-state index contributed by atoms with van der Waals surface area (Å²) in [7, 11) is 2.02. The molecule has 1 amide bonds. The van der Waals surface area contributed by atoms with Gasteiger partial charge in [-0.25, -0.2) is 9.78 Å². The molecule has 1 fully saturated rings. The summed E-state index contributed by atoms with van der Waals surface area (Å²) >= 11 is 0. The zero-order valence-corrected chi connectivity index (χ0v) is 18.8. The second-order valence-electron chi connectivity index (χ2n) is 9.37. The van der Waals surface area contributed by atoms with E-state index in [2.05, 4.69) is 39.5 Å². The molecule has 30 heavy (non-hydrogen) atoms. The number of amides is 1. The van der Waals surface area contributed by atoms with Crippen molar-refractivity contribution in [2.75, 3.05) is 37.3 Å². The molecule has 0 bridgehead atoms. The monoisotopic (exact) mass is 418 g/mol. The van der Waals surface area contributed by atoms with Crippen molar-refractivity contribution in [3.8, 4) is 0 Å². The minimum Gasteiger partial charge on any atom is -0.444 e. The number of likely N-dealkylation sites (tertiary alicyclic amines) is 1. The minimum absolute atomic E-state index is 0.165. The number of fused-ring (bicyclic) bond motifs is 1. The number of hydrogen-bond donors (Lipinski definition) is 3. The van der Waals surface area contributed by atoms with E-state index < -0.39 is 11.7 Å². The molecule has 2 aromatic heterocycles. The van der Waals surface area contributed by atoms with E-state index in [9.17, 15) is 9.90 Å². The standard InChI is InChI=1S/C21H34N6O3/c1-13(2)17-18(23-11-14-8-10-26(6)12-15(14)28)25-27-16(7-9-22-19(17)27)24-20(29)30-21(3,4)5/h7,9,13-15,28H,8,10-12H2,1-6H3,(H,23,25)(H,24,29)/t14-,15+/m1/s1. The maximum absolute atomic E-state index is 12.2. The number of likely N-dealkylation sites (N-methyl/N-ethyl adjacent to an activating group) is 1. The van der Waals surface area contributed by atoms with Gasteiger partial charge in [-0.2, -0.15) is 4.52 Å². The van der Waals surface area contributed by atoms with Crippen molar-refractivity contribution in [2.24, 2.45) is 5.92 Å². The Labute approximate surface area is 177 Å². The first-order chi connectivity index (χ1) is 14.0. The minimum atomic E-state index is -0.592. The van der Waals surface area contributed by atoms with E-state index in [1.54, 1.807) is 16.8 Å². The van der Waals surface area contributed by atoms with Crippen LogP contribution in [-0.2, 0) is 4.74 Å². The maximum atomic E-state index is 12.2. The lowest BCUT2D eigenvalue weighted by atomic mass is 9.94. The Balaban J connectivity index is 1.84. The highest BCUT2D eigenvalue weighted by Crippen LogP contribution is 2.30. The Morgan fingerprint density at radius 1 is 1.40 bits per heavy atom. The van der Waals surface area contributed by atoms with Gasteiger partial charge in [0.05, 0.1) is 6.10 Å². The molecule has 0 spiro atoms. The van der Waals surface area contributed by atoms with Crippen molar-refractivity contribution < 1.29 is 14.6 Å². The molecule has 9 nitrogen and oxygen atoms in total. The molecular formula is C21H34N6O3. The largest absolute Gasteiger partial charge is 0.444 e. The van der Waals surface area contributed by atoms with Crippen LogP contribution in [0.1, 0.15) is 52.5 Å². The predicted molar refractivity (Wildman–Crippen MR) is 117 cm³/mol. The second-order valence-corrected chi connectivity index (χ2v) is 9.37. The molecule has 0 saturated carbocycles. The third kappa shape index (κ3) is 5.20. The molecule has 0 aromatic carbocycles. The normalized spacial score (nSPS) is 20.5. The van der Waals surface area contributed by atoms with Crippen LogP contribution in [0.4, 0.5) is 16.4 Å². The fourth-order valence-electron chi connectivity index (χ4n) is 3.73. The number of β-amino-alcohol motifs (C(OH)–C–C–N with tert-alkyl or cyclic N) is 1. The Kier molecular flexibility index (Phi) is 6.52. The molecule has 3 rings (SSSR count). The summed E-state index contributed by atoms with van der Waals surface area (Å²) in [6.07, 6.45) is 1.68. The highest BCUT2D eigenvalue weighted by molar-refractivity contribution is 5.84. The molecule has 1 saturated heterocycles. The summed E-state index contributed by atoms with van der Waals surface area (Å²) in [5.41, 5.74) is 1.07. The number of anilines is 2. The third-order valence-corrected chi connectivity index (χ3v) is 5.22. The number of carbonyl (C=O) groups is 1. The van der Waals surface area contributed by atoms with E-state index in [1.165, 1.54) is 0 Å². The van der Waals surface area contributed by atoms with Crippen molar-refractivity contribution in [3.05, 3.63) is 17.8 Å². The molecule has 2 atom stereocenters. The van der Waals surface area contributed by atoms with Gasteiger partial charge < -0.3 is 20.1 Å². The zero-order chi connectivity index (χ0) is 22.1. The molecule has 3 N–H and O–H groups in total. The SMILES string of the molecule is CC(C)c1c(NC[C@H]2CCN(C)C[C@@H]2O)nn2c(NC(=O)OC(C)(C)C)ccnc12. The van der Waals surface area contributed by atoms with Crippen molar-refractivity contribution in [1.82, 2.24) is 19.5 Å². The van der Waals surface area contributed by atoms with E-state index in [1.807, 2.05) is 27.8 Å². The summed E-state index contributed by atoms with van der Waals surface area (Å²) in [4.78, 5) is 18.9. The van der Waals surface area contributed by atoms with Gasteiger partial charge in [-0.1, -0.05) is 13.8 Å². The molecule has 3 heterocycles.